The van der Waals surface area contributed by atoms with Gasteiger partial charge in [-0.15, -0.1) is 0 Å². The lowest BCUT2D eigenvalue weighted by Gasteiger charge is -2.01. The molecule has 1 rings (SSSR count). The van der Waals surface area contributed by atoms with Crippen molar-refractivity contribution in [2.45, 2.75) is 6.92 Å². The fourth-order valence-electron chi connectivity index (χ4n) is 0.861. The molecular formula is C8H8FNO2. The second kappa shape index (κ2) is 3.21. The minimum Gasteiger partial charge on any atom is -0.504 e. The number of hydrogen-bond donors (Lipinski definition) is 2. The van der Waals surface area contributed by atoms with E-state index >= 15 is 0 Å². The van der Waals surface area contributed by atoms with Crippen molar-refractivity contribution in [3.05, 3.63) is 29.6 Å². The van der Waals surface area contributed by atoms with Gasteiger partial charge in [-0.3, -0.25) is 0 Å². The highest BCUT2D eigenvalue weighted by molar-refractivity contribution is 6.00. The molecule has 0 spiro atoms. The van der Waals surface area contributed by atoms with Gasteiger partial charge >= 0.3 is 0 Å². The number of benzene rings is 1. The van der Waals surface area contributed by atoms with Gasteiger partial charge in [-0.05, 0) is 19.1 Å². The highest BCUT2D eigenvalue weighted by Crippen LogP contribution is 2.20. The first kappa shape index (κ1) is 8.52. The second-order valence-corrected chi connectivity index (χ2v) is 2.32. The van der Waals surface area contributed by atoms with Gasteiger partial charge in [0.25, 0.3) is 0 Å². The van der Waals surface area contributed by atoms with Gasteiger partial charge in [0.15, 0.2) is 11.6 Å². The molecule has 12 heavy (non-hydrogen) atoms. The highest BCUT2D eigenvalue weighted by Gasteiger charge is 2.08. The van der Waals surface area contributed by atoms with Gasteiger partial charge in [0.05, 0.1) is 5.71 Å². The van der Waals surface area contributed by atoms with Crippen LogP contribution in [0.4, 0.5) is 4.39 Å². The summed E-state index contributed by atoms with van der Waals surface area (Å²) >= 11 is 0. The molecule has 0 radical (unpaired) electrons. The maximum absolute atomic E-state index is 12.7. The third-order valence-electron chi connectivity index (χ3n) is 1.53. The Bertz CT molecular complexity index is 323. The van der Waals surface area contributed by atoms with Crippen LogP contribution in [-0.2, 0) is 0 Å². The molecule has 4 heteroatoms. The van der Waals surface area contributed by atoms with Gasteiger partial charge in [-0.2, -0.15) is 0 Å². The number of rotatable bonds is 1. The van der Waals surface area contributed by atoms with E-state index in [1.165, 1.54) is 19.1 Å². The Morgan fingerprint density at radius 3 is 2.75 bits per heavy atom. The lowest BCUT2D eigenvalue weighted by Crippen LogP contribution is -1.95. The summed E-state index contributed by atoms with van der Waals surface area (Å²) in [5.74, 6) is -1.22. The number of para-hydroxylation sites is 1. The lowest BCUT2D eigenvalue weighted by atomic mass is 10.1. The molecule has 64 valence electrons. The molecule has 0 aliphatic carbocycles. The Morgan fingerprint density at radius 2 is 2.17 bits per heavy atom. The van der Waals surface area contributed by atoms with E-state index in [2.05, 4.69) is 5.16 Å². The van der Waals surface area contributed by atoms with Crippen LogP contribution in [0.2, 0.25) is 0 Å². The van der Waals surface area contributed by atoms with Gasteiger partial charge in [0.1, 0.15) is 0 Å². The summed E-state index contributed by atoms with van der Waals surface area (Å²) in [7, 11) is 0. The average Bonchev–Trinajstić information content (AvgIpc) is 2.08. The minimum absolute atomic E-state index is 0.173. The van der Waals surface area contributed by atoms with Crippen molar-refractivity contribution in [2.75, 3.05) is 0 Å². The van der Waals surface area contributed by atoms with E-state index in [1.807, 2.05) is 0 Å². The third-order valence-corrected chi connectivity index (χ3v) is 1.53. The van der Waals surface area contributed by atoms with E-state index in [0.717, 1.165) is 6.07 Å². The summed E-state index contributed by atoms with van der Waals surface area (Å²) in [6.07, 6.45) is 0. The summed E-state index contributed by atoms with van der Waals surface area (Å²) in [5.41, 5.74) is 0.365. The van der Waals surface area contributed by atoms with Crippen LogP contribution in [0.5, 0.6) is 5.75 Å². The van der Waals surface area contributed by atoms with E-state index in [0.29, 0.717) is 0 Å². The first-order chi connectivity index (χ1) is 5.66. The number of nitrogens with zero attached hydrogens (tertiary/aromatic N) is 1. The molecular weight excluding hydrogens is 161 g/mol. The molecule has 0 unspecified atom stereocenters. The summed E-state index contributed by atoms with van der Waals surface area (Å²) < 4.78 is 12.7. The molecule has 1 aromatic carbocycles. The fraction of sp³-hybridized carbons (Fsp3) is 0.125. The van der Waals surface area contributed by atoms with Gasteiger partial charge < -0.3 is 10.3 Å². The molecule has 3 nitrogen and oxygen atoms in total. The second-order valence-electron chi connectivity index (χ2n) is 2.32. The van der Waals surface area contributed by atoms with Crippen LogP contribution in [-0.4, -0.2) is 16.0 Å². The maximum atomic E-state index is 12.7. The monoisotopic (exact) mass is 169 g/mol. The van der Waals surface area contributed by atoms with Crippen molar-refractivity contribution in [3.63, 3.8) is 0 Å². The molecule has 0 aliphatic rings. The van der Waals surface area contributed by atoms with Crippen LogP contribution >= 0.6 is 0 Å². The number of hydrogen-bond acceptors (Lipinski definition) is 3. The SMILES string of the molecule is CC(=NO)c1cccc(F)c1O. The van der Waals surface area contributed by atoms with Crippen LogP contribution < -0.4 is 0 Å². The molecule has 0 aliphatic heterocycles. The molecule has 0 bridgehead atoms. The normalized spacial score (nSPS) is 11.7. The molecule has 0 heterocycles. The van der Waals surface area contributed by atoms with Gasteiger partial charge in [0.2, 0.25) is 0 Å². The Morgan fingerprint density at radius 1 is 1.50 bits per heavy atom. The summed E-state index contributed by atoms with van der Waals surface area (Å²) in [6, 6.07) is 4.02. The third kappa shape index (κ3) is 1.37. The Hall–Kier alpha value is -1.58. The van der Waals surface area contributed by atoms with Crippen LogP contribution in [0, 0.1) is 5.82 Å². The maximum Gasteiger partial charge on any atom is 0.165 e. The molecule has 0 saturated heterocycles. The van der Waals surface area contributed by atoms with Crippen molar-refractivity contribution in [1.82, 2.24) is 0 Å². The Labute approximate surface area is 68.8 Å². The quantitative estimate of drug-likeness (QED) is 0.382. The minimum atomic E-state index is -0.726. The number of oxime groups is 1. The number of aromatic hydroxyl groups is 1. The lowest BCUT2D eigenvalue weighted by molar-refractivity contribution is 0.318. The van der Waals surface area contributed by atoms with Crippen LogP contribution in [0.25, 0.3) is 0 Å². The van der Waals surface area contributed by atoms with Crippen LogP contribution in [0.1, 0.15) is 12.5 Å². The van der Waals surface area contributed by atoms with Gasteiger partial charge in [-0.25, -0.2) is 4.39 Å². The first-order valence-corrected chi connectivity index (χ1v) is 3.33. The van der Waals surface area contributed by atoms with Gasteiger partial charge in [-0.1, -0.05) is 11.2 Å². The molecule has 0 amide bonds. The average molecular weight is 169 g/mol. The van der Waals surface area contributed by atoms with Crippen molar-refractivity contribution in [2.24, 2.45) is 5.16 Å². The first-order valence-electron chi connectivity index (χ1n) is 3.33. The number of phenolic OH excluding ortho intramolecular Hbond substituents is 1. The molecule has 0 atom stereocenters. The Kier molecular flexibility index (Phi) is 2.28. The number of phenols is 1. The van der Waals surface area contributed by atoms with E-state index in [1.54, 1.807) is 0 Å². The molecule has 2 N–H and O–H groups in total. The summed E-state index contributed by atoms with van der Waals surface area (Å²) in [5, 5.41) is 20.3. The predicted molar refractivity (Wildman–Crippen MR) is 42.1 cm³/mol. The molecule has 0 fully saturated rings. The Balaban J connectivity index is 3.26. The van der Waals surface area contributed by atoms with Crippen LogP contribution in [0.3, 0.4) is 0 Å². The largest absolute Gasteiger partial charge is 0.504 e. The van der Waals surface area contributed by atoms with E-state index < -0.39 is 11.6 Å². The zero-order valence-electron chi connectivity index (χ0n) is 6.45. The molecule has 0 aromatic heterocycles. The topological polar surface area (TPSA) is 52.8 Å². The van der Waals surface area contributed by atoms with Crippen molar-refractivity contribution < 1.29 is 14.7 Å². The molecule has 1 aromatic rings. The van der Waals surface area contributed by atoms with E-state index in [9.17, 15) is 4.39 Å². The van der Waals surface area contributed by atoms with Gasteiger partial charge in [0, 0.05) is 5.56 Å². The predicted octanol–water partition coefficient (Wildman–Crippen LogP) is 1.73. The fourth-order valence-corrected chi connectivity index (χ4v) is 0.861. The zero-order valence-corrected chi connectivity index (χ0v) is 6.45. The van der Waals surface area contributed by atoms with E-state index in [4.69, 9.17) is 10.3 Å². The standard InChI is InChI=1S/C8H8FNO2/c1-5(10-12)6-3-2-4-7(9)8(6)11/h2-4,11-12H,1H3. The van der Waals surface area contributed by atoms with Crippen molar-refractivity contribution >= 4 is 5.71 Å². The number of halogens is 1. The van der Waals surface area contributed by atoms with Crippen molar-refractivity contribution in [3.8, 4) is 5.75 Å². The molecule has 0 saturated carbocycles. The van der Waals surface area contributed by atoms with E-state index in [-0.39, 0.29) is 11.3 Å². The smallest absolute Gasteiger partial charge is 0.165 e. The van der Waals surface area contributed by atoms with Crippen molar-refractivity contribution in [1.29, 1.82) is 0 Å². The highest BCUT2D eigenvalue weighted by atomic mass is 19.1. The zero-order chi connectivity index (χ0) is 9.14. The summed E-state index contributed by atoms with van der Waals surface area (Å²) in [4.78, 5) is 0. The van der Waals surface area contributed by atoms with Crippen LogP contribution in [0.15, 0.2) is 23.4 Å². The summed E-state index contributed by atoms with van der Waals surface area (Å²) in [6.45, 7) is 1.47.